The van der Waals surface area contributed by atoms with Crippen molar-refractivity contribution in [1.29, 1.82) is 0 Å². The molecule has 17 heteroatoms. The number of alkyl halides is 9. The van der Waals surface area contributed by atoms with Crippen molar-refractivity contribution in [2.24, 2.45) is 0 Å². The fourth-order valence-electron chi connectivity index (χ4n) is 3.24. The molecule has 1 unspecified atom stereocenters. The molecule has 0 aliphatic rings. The maximum atomic E-state index is 15.0. The first-order valence-electron chi connectivity index (χ1n) is 10.5. The Balaban J connectivity index is 2.47. The Hall–Kier alpha value is -2.71. The summed E-state index contributed by atoms with van der Waals surface area (Å²) in [4.78, 5) is 24.5. The van der Waals surface area contributed by atoms with E-state index in [9.17, 15) is 53.5 Å². The quantitative estimate of drug-likeness (QED) is 0.244. The van der Waals surface area contributed by atoms with Gasteiger partial charge in [-0.3, -0.25) is 9.59 Å². The van der Waals surface area contributed by atoms with Crippen molar-refractivity contribution in [3.05, 3.63) is 73.7 Å². The Kier molecular flexibility index (Phi) is 10.4. The molecule has 0 bridgehead atoms. The average molecular weight is 648 g/mol. The average Bonchev–Trinajstić information content (AvgIpc) is 2.81. The van der Waals surface area contributed by atoms with E-state index in [2.05, 4.69) is 0 Å². The zero-order valence-electron chi connectivity index (χ0n) is 19.6. The van der Waals surface area contributed by atoms with Gasteiger partial charge in [-0.1, -0.05) is 40.9 Å². The first-order chi connectivity index (χ1) is 18.1. The highest BCUT2D eigenvalue weighted by molar-refractivity contribution is 6.48. The summed E-state index contributed by atoms with van der Waals surface area (Å²) < 4.78 is 134. The SMILES string of the molecule is CN(CC(=O)NCC(F)(F)F)C(=O)c1ccc(/C(F)=C/C(c2cc(Cl)c(Cl)c(Cl)c2)C(F)(F)F)cc1C(F)(F)F. The monoisotopic (exact) mass is 646 g/mol. The van der Waals surface area contributed by atoms with E-state index < -0.39 is 87.5 Å². The van der Waals surface area contributed by atoms with Crippen LogP contribution in [0.3, 0.4) is 0 Å². The molecule has 0 aliphatic heterocycles. The van der Waals surface area contributed by atoms with Gasteiger partial charge in [-0.05, 0) is 35.9 Å². The van der Waals surface area contributed by atoms with Crippen LogP contribution in [0, 0.1) is 0 Å². The van der Waals surface area contributed by atoms with E-state index in [4.69, 9.17) is 34.8 Å². The minimum absolute atomic E-state index is 0.0238. The van der Waals surface area contributed by atoms with Crippen molar-refractivity contribution in [2.45, 2.75) is 24.4 Å². The van der Waals surface area contributed by atoms with E-state index >= 15 is 0 Å². The van der Waals surface area contributed by atoms with Crippen molar-refractivity contribution in [3.63, 3.8) is 0 Å². The van der Waals surface area contributed by atoms with Gasteiger partial charge in [-0.15, -0.1) is 0 Å². The molecule has 0 aromatic heterocycles. The molecule has 0 heterocycles. The van der Waals surface area contributed by atoms with Crippen molar-refractivity contribution < 1.29 is 53.5 Å². The van der Waals surface area contributed by atoms with Gasteiger partial charge in [0.15, 0.2) is 0 Å². The standard InChI is InChI=1S/C23H15Cl3F10N2O2/c1-38(8-18(39)37-9-21(28,29)30)20(40)12-3-2-10(4-14(12)23(34,35)36)17(27)7-13(22(31,32)33)11-5-15(24)19(26)16(25)6-11/h2-7,13H,8-9H2,1H3,(H,37,39)/b17-7-. The number of carbonyl (C=O) groups is 2. The normalized spacial score (nSPS) is 13.7. The summed E-state index contributed by atoms with van der Waals surface area (Å²) in [6.07, 6.45) is -15.3. The molecule has 0 aliphatic carbocycles. The molecule has 2 aromatic rings. The lowest BCUT2D eigenvalue weighted by Crippen LogP contribution is -2.42. The van der Waals surface area contributed by atoms with Crippen LogP contribution in [0.25, 0.3) is 5.83 Å². The molecule has 1 atom stereocenters. The molecule has 40 heavy (non-hydrogen) atoms. The number of benzene rings is 2. The number of nitrogens with one attached hydrogen (secondary N) is 1. The van der Waals surface area contributed by atoms with Crippen LogP contribution in [0.1, 0.15) is 33.0 Å². The van der Waals surface area contributed by atoms with Crippen molar-refractivity contribution in [2.75, 3.05) is 20.1 Å². The number of nitrogens with zero attached hydrogens (tertiary/aromatic N) is 1. The van der Waals surface area contributed by atoms with Gasteiger partial charge in [0.05, 0.1) is 32.7 Å². The molecular formula is C23H15Cl3F10N2O2. The molecule has 1 N–H and O–H groups in total. The lowest BCUT2D eigenvalue weighted by Gasteiger charge is -2.21. The second kappa shape index (κ2) is 12.4. The number of likely N-dealkylation sites (N-methyl/N-ethyl adjacent to an activating group) is 1. The van der Waals surface area contributed by atoms with Gasteiger partial charge in [0.2, 0.25) is 5.91 Å². The van der Waals surface area contributed by atoms with Gasteiger partial charge >= 0.3 is 18.5 Å². The predicted molar refractivity (Wildman–Crippen MR) is 127 cm³/mol. The van der Waals surface area contributed by atoms with E-state index in [1.165, 1.54) is 5.32 Å². The zero-order chi connectivity index (χ0) is 30.8. The van der Waals surface area contributed by atoms with Crippen LogP contribution >= 0.6 is 34.8 Å². The summed E-state index contributed by atoms with van der Waals surface area (Å²) in [7, 11) is 0.820. The van der Waals surface area contributed by atoms with Gasteiger partial charge in [-0.25, -0.2) is 4.39 Å². The minimum atomic E-state index is -5.33. The Morgan fingerprint density at radius 3 is 1.98 bits per heavy atom. The summed E-state index contributed by atoms with van der Waals surface area (Å²) in [5.41, 5.74) is -4.58. The van der Waals surface area contributed by atoms with Crippen LogP contribution in [-0.2, 0) is 11.0 Å². The van der Waals surface area contributed by atoms with E-state index in [0.717, 1.165) is 19.2 Å². The van der Waals surface area contributed by atoms with Gasteiger partial charge in [0.1, 0.15) is 18.3 Å². The lowest BCUT2D eigenvalue weighted by molar-refractivity contribution is -0.140. The molecule has 2 amide bonds. The second-order valence-electron chi connectivity index (χ2n) is 8.14. The van der Waals surface area contributed by atoms with Crippen LogP contribution < -0.4 is 5.32 Å². The van der Waals surface area contributed by atoms with Crippen molar-refractivity contribution >= 4 is 52.4 Å². The van der Waals surface area contributed by atoms with E-state index in [0.29, 0.717) is 17.0 Å². The third-order valence-corrected chi connectivity index (χ3v) is 6.27. The molecule has 0 radical (unpaired) electrons. The van der Waals surface area contributed by atoms with Gasteiger partial charge in [0, 0.05) is 12.6 Å². The fourth-order valence-corrected chi connectivity index (χ4v) is 3.85. The summed E-state index contributed by atoms with van der Waals surface area (Å²) in [6.45, 7) is -2.82. The largest absolute Gasteiger partial charge is 0.417 e. The maximum Gasteiger partial charge on any atom is 0.417 e. The minimum Gasteiger partial charge on any atom is -0.345 e. The van der Waals surface area contributed by atoms with E-state index in [1.54, 1.807) is 0 Å². The highest BCUT2D eigenvalue weighted by atomic mass is 35.5. The molecule has 0 saturated heterocycles. The van der Waals surface area contributed by atoms with Crippen molar-refractivity contribution in [3.8, 4) is 0 Å². The Bertz CT molecular complexity index is 1280. The third kappa shape index (κ3) is 8.90. The van der Waals surface area contributed by atoms with Crippen LogP contribution in [0.5, 0.6) is 0 Å². The Morgan fingerprint density at radius 1 is 0.950 bits per heavy atom. The van der Waals surface area contributed by atoms with Crippen LogP contribution in [0.2, 0.25) is 15.1 Å². The van der Waals surface area contributed by atoms with Crippen molar-refractivity contribution in [1.82, 2.24) is 10.2 Å². The maximum absolute atomic E-state index is 15.0. The first kappa shape index (κ1) is 33.5. The molecule has 0 fully saturated rings. The summed E-state index contributed by atoms with van der Waals surface area (Å²) in [5, 5.41) is 0.352. The molecule has 0 saturated carbocycles. The molecule has 220 valence electrons. The molecule has 4 nitrogen and oxygen atoms in total. The summed E-state index contributed by atoms with van der Waals surface area (Å²) in [5.74, 6) is -7.30. The topological polar surface area (TPSA) is 49.4 Å². The number of amides is 2. The molecule has 0 spiro atoms. The van der Waals surface area contributed by atoms with E-state index in [-0.39, 0.29) is 17.2 Å². The number of hydrogen-bond donors (Lipinski definition) is 1. The summed E-state index contributed by atoms with van der Waals surface area (Å²) >= 11 is 17.2. The fraction of sp³-hybridized carbons (Fsp3) is 0.304. The zero-order valence-corrected chi connectivity index (χ0v) is 21.9. The van der Waals surface area contributed by atoms with Crippen LogP contribution in [0.4, 0.5) is 43.9 Å². The van der Waals surface area contributed by atoms with Crippen LogP contribution in [-0.4, -0.2) is 49.2 Å². The highest BCUT2D eigenvalue weighted by Crippen LogP contribution is 2.43. The highest BCUT2D eigenvalue weighted by Gasteiger charge is 2.41. The smallest absolute Gasteiger partial charge is 0.345 e. The number of rotatable bonds is 7. The van der Waals surface area contributed by atoms with Gasteiger partial charge in [0.25, 0.3) is 5.91 Å². The Morgan fingerprint density at radius 2 is 1.50 bits per heavy atom. The third-order valence-electron chi connectivity index (χ3n) is 5.08. The number of hydrogen-bond acceptors (Lipinski definition) is 2. The van der Waals surface area contributed by atoms with E-state index in [1.807, 2.05) is 0 Å². The second-order valence-corrected chi connectivity index (χ2v) is 9.34. The number of carbonyl (C=O) groups excluding carboxylic acids is 2. The summed E-state index contributed by atoms with van der Waals surface area (Å²) in [6, 6.07) is 2.62. The number of allylic oxidation sites excluding steroid dienone is 1. The lowest BCUT2D eigenvalue weighted by atomic mass is 9.95. The molecule has 2 rings (SSSR count). The molecule has 2 aromatic carbocycles. The predicted octanol–water partition coefficient (Wildman–Crippen LogP) is 8.07. The molecular weight excluding hydrogens is 633 g/mol. The number of halogens is 13. The van der Waals surface area contributed by atoms with Gasteiger partial charge in [-0.2, -0.15) is 39.5 Å². The first-order valence-corrected chi connectivity index (χ1v) is 11.6. The van der Waals surface area contributed by atoms with Gasteiger partial charge < -0.3 is 10.2 Å². The van der Waals surface area contributed by atoms with Crippen LogP contribution in [0.15, 0.2) is 36.4 Å². The Labute approximate surface area is 234 Å².